The summed E-state index contributed by atoms with van der Waals surface area (Å²) in [4.78, 5) is 0. The van der Waals surface area contributed by atoms with Gasteiger partial charge in [-0.15, -0.1) is 0 Å². The Bertz CT molecular complexity index is 550. The van der Waals surface area contributed by atoms with Gasteiger partial charge in [0.2, 0.25) is 0 Å². The Morgan fingerprint density at radius 2 is 1.88 bits per heavy atom. The fourth-order valence-corrected chi connectivity index (χ4v) is 1.79. The van der Waals surface area contributed by atoms with Gasteiger partial charge in [0, 0.05) is 5.56 Å². The second-order valence-electron chi connectivity index (χ2n) is 3.82. The zero-order valence-electron chi connectivity index (χ0n) is 9.70. The van der Waals surface area contributed by atoms with Gasteiger partial charge in [-0.05, 0) is 36.2 Å². The third-order valence-corrected chi connectivity index (χ3v) is 2.71. The fourth-order valence-electron chi connectivity index (χ4n) is 1.79. The summed E-state index contributed by atoms with van der Waals surface area (Å²) < 4.78 is 18.3. The maximum Gasteiger partial charge on any atom is 0.165 e. The summed E-state index contributed by atoms with van der Waals surface area (Å²) in [5.41, 5.74) is 2.14. The van der Waals surface area contributed by atoms with Gasteiger partial charge in [-0.3, -0.25) is 0 Å². The van der Waals surface area contributed by atoms with E-state index in [0.29, 0.717) is 16.9 Å². The number of aryl methyl sites for hydroxylation is 1. The fraction of sp³-hybridized carbons (Fsp3) is 0.143. The first-order valence-corrected chi connectivity index (χ1v) is 5.26. The van der Waals surface area contributed by atoms with E-state index in [2.05, 4.69) is 0 Å². The van der Waals surface area contributed by atoms with E-state index in [9.17, 15) is 9.50 Å². The van der Waals surface area contributed by atoms with Crippen molar-refractivity contribution in [2.24, 2.45) is 0 Å². The number of para-hydroxylation sites is 1. The Morgan fingerprint density at radius 3 is 2.59 bits per heavy atom. The smallest absolute Gasteiger partial charge is 0.165 e. The monoisotopic (exact) mass is 232 g/mol. The summed E-state index contributed by atoms with van der Waals surface area (Å²) in [6, 6.07) is 9.65. The summed E-state index contributed by atoms with van der Waals surface area (Å²) in [7, 11) is 1.48. The summed E-state index contributed by atoms with van der Waals surface area (Å²) in [6.07, 6.45) is 0. The molecule has 0 amide bonds. The molecule has 0 aliphatic heterocycles. The molecule has 3 heteroatoms. The number of aromatic hydroxyl groups is 1. The molecular formula is C14H13FO2. The maximum atomic E-state index is 13.2. The first-order valence-electron chi connectivity index (χ1n) is 5.26. The SMILES string of the molecule is COc1cccc(-c2cc(F)ccc2C)c1O. The van der Waals surface area contributed by atoms with Crippen molar-refractivity contribution in [1.29, 1.82) is 0 Å². The summed E-state index contributed by atoms with van der Waals surface area (Å²) in [5, 5.41) is 10.0. The van der Waals surface area contributed by atoms with Gasteiger partial charge in [-0.25, -0.2) is 4.39 Å². The maximum absolute atomic E-state index is 13.2. The largest absolute Gasteiger partial charge is 0.504 e. The predicted octanol–water partition coefficient (Wildman–Crippen LogP) is 3.52. The van der Waals surface area contributed by atoms with E-state index in [-0.39, 0.29) is 11.6 Å². The van der Waals surface area contributed by atoms with Crippen molar-refractivity contribution in [3.8, 4) is 22.6 Å². The molecule has 0 heterocycles. The summed E-state index contributed by atoms with van der Waals surface area (Å²) in [5.74, 6) is 0.0858. The average Bonchev–Trinajstić information content (AvgIpc) is 2.33. The minimum absolute atomic E-state index is 0.0312. The van der Waals surface area contributed by atoms with Crippen molar-refractivity contribution in [2.75, 3.05) is 7.11 Å². The van der Waals surface area contributed by atoms with Crippen molar-refractivity contribution in [3.63, 3.8) is 0 Å². The van der Waals surface area contributed by atoms with Crippen LogP contribution in [0.15, 0.2) is 36.4 Å². The lowest BCUT2D eigenvalue weighted by molar-refractivity contribution is 0.374. The molecule has 0 aliphatic rings. The number of benzene rings is 2. The van der Waals surface area contributed by atoms with Gasteiger partial charge in [0.05, 0.1) is 7.11 Å². The van der Waals surface area contributed by atoms with E-state index < -0.39 is 0 Å². The highest BCUT2D eigenvalue weighted by Crippen LogP contribution is 2.38. The number of hydrogen-bond donors (Lipinski definition) is 1. The van der Waals surface area contributed by atoms with Crippen molar-refractivity contribution in [1.82, 2.24) is 0 Å². The van der Waals surface area contributed by atoms with Crippen LogP contribution in [0.25, 0.3) is 11.1 Å². The van der Waals surface area contributed by atoms with E-state index in [1.54, 1.807) is 24.3 Å². The van der Waals surface area contributed by atoms with Crippen LogP contribution in [-0.4, -0.2) is 12.2 Å². The van der Waals surface area contributed by atoms with Crippen LogP contribution in [0.1, 0.15) is 5.56 Å². The van der Waals surface area contributed by atoms with E-state index >= 15 is 0 Å². The molecular weight excluding hydrogens is 219 g/mol. The van der Waals surface area contributed by atoms with Crippen molar-refractivity contribution >= 4 is 0 Å². The Labute approximate surface area is 99.3 Å². The number of halogens is 1. The van der Waals surface area contributed by atoms with Crippen molar-refractivity contribution in [3.05, 3.63) is 47.8 Å². The molecule has 88 valence electrons. The number of hydrogen-bond acceptors (Lipinski definition) is 2. The molecule has 1 N–H and O–H groups in total. The number of phenols is 1. The van der Waals surface area contributed by atoms with E-state index in [1.807, 2.05) is 6.92 Å². The molecule has 0 aliphatic carbocycles. The Hall–Kier alpha value is -2.03. The van der Waals surface area contributed by atoms with Crippen molar-refractivity contribution in [2.45, 2.75) is 6.92 Å². The third-order valence-electron chi connectivity index (χ3n) is 2.71. The molecule has 0 atom stereocenters. The second kappa shape index (κ2) is 4.45. The highest BCUT2D eigenvalue weighted by molar-refractivity contribution is 5.75. The lowest BCUT2D eigenvalue weighted by atomic mass is 9.99. The van der Waals surface area contributed by atoms with E-state index in [1.165, 1.54) is 19.2 Å². The van der Waals surface area contributed by atoms with E-state index in [4.69, 9.17) is 4.74 Å². The number of ether oxygens (including phenoxy) is 1. The Morgan fingerprint density at radius 1 is 1.12 bits per heavy atom. The van der Waals surface area contributed by atoms with Crippen LogP contribution in [0.5, 0.6) is 11.5 Å². The molecule has 0 aromatic heterocycles. The first kappa shape index (κ1) is 11.5. The molecule has 2 rings (SSSR count). The molecule has 0 bridgehead atoms. The van der Waals surface area contributed by atoms with Gasteiger partial charge >= 0.3 is 0 Å². The van der Waals surface area contributed by atoms with Gasteiger partial charge in [-0.1, -0.05) is 18.2 Å². The molecule has 0 spiro atoms. The second-order valence-corrected chi connectivity index (χ2v) is 3.82. The van der Waals surface area contributed by atoms with Crippen molar-refractivity contribution < 1.29 is 14.2 Å². The molecule has 0 unspecified atom stereocenters. The minimum Gasteiger partial charge on any atom is -0.504 e. The minimum atomic E-state index is -0.326. The van der Waals surface area contributed by atoms with Gasteiger partial charge in [0.25, 0.3) is 0 Å². The van der Waals surface area contributed by atoms with E-state index in [0.717, 1.165) is 5.56 Å². The molecule has 2 nitrogen and oxygen atoms in total. The predicted molar refractivity (Wildman–Crippen MR) is 64.8 cm³/mol. The third kappa shape index (κ3) is 2.09. The molecule has 0 saturated carbocycles. The lowest BCUT2D eigenvalue weighted by Gasteiger charge is -2.11. The molecule has 17 heavy (non-hydrogen) atoms. The van der Waals surface area contributed by atoms with Crippen LogP contribution in [0.3, 0.4) is 0 Å². The average molecular weight is 232 g/mol. The van der Waals surface area contributed by atoms with Gasteiger partial charge in [-0.2, -0.15) is 0 Å². The normalized spacial score (nSPS) is 10.3. The standard InChI is InChI=1S/C14H13FO2/c1-9-6-7-10(15)8-12(9)11-4-3-5-13(17-2)14(11)16/h3-8,16H,1-2H3. The zero-order valence-corrected chi connectivity index (χ0v) is 9.70. The number of methoxy groups -OCH3 is 1. The number of rotatable bonds is 2. The highest BCUT2D eigenvalue weighted by Gasteiger charge is 2.11. The Balaban J connectivity index is 2.64. The van der Waals surface area contributed by atoms with Gasteiger partial charge < -0.3 is 9.84 Å². The number of phenolic OH excluding ortho intramolecular Hbond substituents is 1. The quantitative estimate of drug-likeness (QED) is 0.858. The van der Waals surface area contributed by atoms with Crippen LogP contribution in [0.4, 0.5) is 4.39 Å². The molecule has 0 fully saturated rings. The molecule has 2 aromatic rings. The summed E-state index contributed by atoms with van der Waals surface area (Å²) >= 11 is 0. The summed E-state index contributed by atoms with van der Waals surface area (Å²) in [6.45, 7) is 1.87. The van der Waals surface area contributed by atoms with Crippen LogP contribution >= 0.6 is 0 Å². The zero-order chi connectivity index (χ0) is 12.4. The first-order chi connectivity index (χ1) is 8.13. The molecule has 2 aromatic carbocycles. The lowest BCUT2D eigenvalue weighted by Crippen LogP contribution is -1.89. The van der Waals surface area contributed by atoms with Crippen LogP contribution in [0.2, 0.25) is 0 Å². The molecule has 0 radical (unpaired) electrons. The Kier molecular flexibility index (Phi) is 3.00. The molecule has 0 saturated heterocycles. The topological polar surface area (TPSA) is 29.5 Å². The van der Waals surface area contributed by atoms with Crippen LogP contribution in [-0.2, 0) is 0 Å². The van der Waals surface area contributed by atoms with Gasteiger partial charge in [0.15, 0.2) is 11.5 Å². The van der Waals surface area contributed by atoms with Crippen LogP contribution < -0.4 is 4.74 Å². The van der Waals surface area contributed by atoms with Crippen LogP contribution in [0, 0.1) is 12.7 Å². The van der Waals surface area contributed by atoms with Gasteiger partial charge in [0.1, 0.15) is 5.82 Å². The highest BCUT2D eigenvalue weighted by atomic mass is 19.1.